The number of hydrogen-bond donors (Lipinski definition) is 2. The van der Waals surface area contributed by atoms with E-state index < -0.39 is 5.97 Å². The number of nitrogens with one attached hydrogen (secondary N) is 1. The number of aliphatic carboxylic acids is 1. The van der Waals surface area contributed by atoms with Crippen molar-refractivity contribution >= 4 is 11.9 Å². The number of unbranched alkanes of at least 4 members (excludes halogenated alkanes) is 5. The fourth-order valence-electron chi connectivity index (χ4n) is 1.32. The van der Waals surface area contributed by atoms with Gasteiger partial charge in [0.1, 0.15) is 0 Å². The highest BCUT2D eigenvalue weighted by Crippen LogP contribution is 2.03. The van der Waals surface area contributed by atoms with E-state index in [-0.39, 0.29) is 5.91 Å². The van der Waals surface area contributed by atoms with Crippen molar-refractivity contribution in [1.29, 1.82) is 0 Å². The van der Waals surface area contributed by atoms with Gasteiger partial charge in [-0.05, 0) is 6.42 Å². The summed E-state index contributed by atoms with van der Waals surface area (Å²) in [6.45, 7) is 2.80. The number of carboxylic acids is 1. The van der Waals surface area contributed by atoms with Crippen LogP contribution in [-0.4, -0.2) is 23.5 Å². The fourth-order valence-corrected chi connectivity index (χ4v) is 1.32. The van der Waals surface area contributed by atoms with E-state index in [9.17, 15) is 9.59 Å². The molecule has 0 saturated heterocycles. The second kappa shape index (κ2) is 10.2. The molecule has 0 heterocycles. The van der Waals surface area contributed by atoms with Crippen molar-refractivity contribution in [2.24, 2.45) is 0 Å². The largest absolute Gasteiger partial charge is 0.478 e. The van der Waals surface area contributed by atoms with Crippen molar-refractivity contribution in [3.63, 3.8) is 0 Å². The van der Waals surface area contributed by atoms with Gasteiger partial charge >= 0.3 is 5.97 Å². The molecule has 0 aliphatic rings. The number of hydrogen-bond acceptors (Lipinski definition) is 2. The Balaban J connectivity index is 3.31. The van der Waals surface area contributed by atoms with E-state index >= 15 is 0 Å². The minimum absolute atomic E-state index is 0.337. The highest BCUT2D eigenvalue weighted by Gasteiger charge is 1.96. The number of carbonyl (C=O) groups excluding carboxylic acids is 1. The first-order chi connectivity index (χ1) is 7.66. The Labute approximate surface area is 96.7 Å². The Bertz CT molecular complexity index is 236. The number of carbonyl (C=O) groups is 2. The molecule has 16 heavy (non-hydrogen) atoms. The van der Waals surface area contributed by atoms with Gasteiger partial charge in [0.2, 0.25) is 5.91 Å². The molecule has 4 nitrogen and oxygen atoms in total. The maximum atomic E-state index is 11.0. The van der Waals surface area contributed by atoms with E-state index in [0.717, 1.165) is 25.0 Å². The van der Waals surface area contributed by atoms with Gasteiger partial charge in [-0.2, -0.15) is 0 Å². The smallest absolute Gasteiger partial charge is 0.328 e. The summed E-state index contributed by atoms with van der Waals surface area (Å²) < 4.78 is 0. The number of rotatable bonds is 9. The zero-order chi connectivity index (χ0) is 12.2. The first-order valence-corrected chi connectivity index (χ1v) is 5.85. The summed E-state index contributed by atoms with van der Waals surface area (Å²) in [4.78, 5) is 21.1. The van der Waals surface area contributed by atoms with Crippen LogP contribution in [0.5, 0.6) is 0 Å². The van der Waals surface area contributed by atoms with E-state index in [1.165, 1.54) is 25.7 Å². The molecule has 0 bridgehead atoms. The molecule has 0 aliphatic heterocycles. The third-order valence-corrected chi connectivity index (χ3v) is 2.21. The van der Waals surface area contributed by atoms with Gasteiger partial charge in [0, 0.05) is 18.7 Å². The minimum atomic E-state index is -1.10. The van der Waals surface area contributed by atoms with Crippen molar-refractivity contribution in [1.82, 2.24) is 5.32 Å². The van der Waals surface area contributed by atoms with E-state index in [4.69, 9.17) is 5.11 Å². The quantitative estimate of drug-likeness (QED) is 0.468. The SMILES string of the molecule is CCCCCCCCNC(=O)C=CC(=O)O. The summed E-state index contributed by atoms with van der Waals surface area (Å²) in [5.74, 6) is -1.44. The van der Waals surface area contributed by atoms with Gasteiger partial charge in [-0.15, -0.1) is 0 Å². The average molecular weight is 227 g/mol. The Hall–Kier alpha value is -1.32. The summed E-state index contributed by atoms with van der Waals surface area (Å²) in [6.07, 6.45) is 8.91. The minimum Gasteiger partial charge on any atom is -0.478 e. The molecule has 0 aromatic heterocycles. The van der Waals surface area contributed by atoms with Crippen LogP contribution in [0.1, 0.15) is 45.4 Å². The van der Waals surface area contributed by atoms with Crippen LogP contribution in [0.15, 0.2) is 12.2 Å². The maximum absolute atomic E-state index is 11.0. The standard InChI is InChI=1S/C12H21NO3/c1-2-3-4-5-6-7-10-13-11(14)8-9-12(15)16/h8-9H,2-7,10H2,1H3,(H,13,14)(H,15,16). The molecule has 4 heteroatoms. The topological polar surface area (TPSA) is 66.4 Å². The van der Waals surface area contributed by atoms with Crippen LogP contribution in [0, 0.1) is 0 Å². The maximum Gasteiger partial charge on any atom is 0.328 e. The van der Waals surface area contributed by atoms with Gasteiger partial charge in [0.05, 0.1) is 0 Å². The second-order valence-electron chi connectivity index (χ2n) is 3.73. The third kappa shape index (κ3) is 10.8. The Morgan fingerprint density at radius 1 is 1.06 bits per heavy atom. The molecule has 0 aromatic rings. The molecular weight excluding hydrogens is 206 g/mol. The molecule has 0 rings (SSSR count). The van der Waals surface area contributed by atoms with Crippen molar-refractivity contribution < 1.29 is 14.7 Å². The zero-order valence-electron chi connectivity index (χ0n) is 9.87. The molecule has 0 fully saturated rings. The molecule has 0 atom stereocenters. The summed E-state index contributed by atoms with van der Waals surface area (Å²) in [5, 5.41) is 10.9. The van der Waals surface area contributed by atoms with Gasteiger partial charge in [0.25, 0.3) is 0 Å². The van der Waals surface area contributed by atoms with Crippen LogP contribution in [0.25, 0.3) is 0 Å². The molecule has 0 radical (unpaired) electrons. The molecule has 92 valence electrons. The van der Waals surface area contributed by atoms with Gasteiger partial charge in [-0.3, -0.25) is 4.79 Å². The molecule has 0 unspecified atom stereocenters. The van der Waals surface area contributed by atoms with Crippen molar-refractivity contribution in [3.8, 4) is 0 Å². The Morgan fingerprint density at radius 2 is 1.69 bits per heavy atom. The summed E-state index contributed by atoms with van der Waals surface area (Å²) in [6, 6.07) is 0. The van der Waals surface area contributed by atoms with Gasteiger partial charge in [-0.25, -0.2) is 4.79 Å². The van der Waals surface area contributed by atoms with Gasteiger partial charge in [-0.1, -0.05) is 39.0 Å². The zero-order valence-corrected chi connectivity index (χ0v) is 9.87. The average Bonchev–Trinajstić information content (AvgIpc) is 2.25. The van der Waals surface area contributed by atoms with E-state index in [2.05, 4.69) is 12.2 Å². The summed E-state index contributed by atoms with van der Waals surface area (Å²) >= 11 is 0. The number of carboxylic acid groups (broad SMARTS) is 1. The predicted molar refractivity (Wildman–Crippen MR) is 63.2 cm³/mol. The molecule has 1 amide bonds. The highest BCUT2D eigenvalue weighted by molar-refractivity contribution is 5.93. The predicted octanol–water partition coefficient (Wildman–Crippen LogP) is 2.10. The molecule has 0 aromatic carbocycles. The van der Waals surface area contributed by atoms with Gasteiger partial charge < -0.3 is 10.4 Å². The lowest BCUT2D eigenvalue weighted by molar-refractivity contribution is -0.131. The molecule has 0 aliphatic carbocycles. The normalized spacial score (nSPS) is 10.6. The fraction of sp³-hybridized carbons (Fsp3) is 0.667. The van der Waals surface area contributed by atoms with Crippen LogP contribution in [0.2, 0.25) is 0 Å². The van der Waals surface area contributed by atoms with Crippen LogP contribution < -0.4 is 5.32 Å². The third-order valence-electron chi connectivity index (χ3n) is 2.21. The van der Waals surface area contributed by atoms with Crippen LogP contribution in [-0.2, 0) is 9.59 Å². The molecular formula is C12H21NO3. The molecule has 0 saturated carbocycles. The lowest BCUT2D eigenvalue weighted by atomic mass is 10.1. The van der Waals surface area contributed by atoms with Crippen LogP contribution in [0.3, 0.4) is 0 Å². The van der Waals surface area contributed by atoms with Crippen molar-refractivity contribution in [2.45, 2.75) is 45.4 Å². The van der Waals surface area contributed by atoms with Crippen LogP contribution >= 0.6 is 0 Å². The molecule has 0 spiro atoms. The van der Waals surface area contributed by atoms with Crippen LogP contribution in [0.4, 0.5) is 0 Å². The Kier molecular flexibility index (Phi) is 9.36. The van der Waals surface area contributed by atoms with E-state index in [1.54, 1.807) is 0 Å². The highest BCUT2D eigenvalue weighted by atomic mass is 16.4. The van der Waals surface area contributed by atoms with Crippen molar-refractivity contribution in [3.05, 3.63) is 12.2 Å². The number of amides is 1. The summed E-state index contributed by atoms with van der Waals surface area (Å²) in [7, 11) is 0. The molecule has 2 N–H and O–H groups in total. The second-order valence-corrected chi connectivity index (χ2v) is 3.73. The lowest BCUT2D eigenvalue weighted by Gasteiger charge is -2.01. The van der Waals surface area contributed by atoms with Crippen molar-refractivity contribution in [2.75, 3.05) is 6.54 Å². The monoisotopic (exact) mass is 227 g/mol. The van der Waals surface area contributed by atoms with E-state index in [1.807, 2.05) is 0 Å². The Morgan fingerprint density at radius 3 is 2.31 bits per heavy atom. The summed E-state index contributed by atoms with van der Waals surface area (Å²) in [5.41, 5.74) is 0. The first kappa shape index (κ1) is 14.7. The van der Waals surface area contributed by atoms with Gasteiger partial charge in [0.15, 0.2) is 0 Å². The first-order valence-electron chi connectivity index (χ1n) is 5.85. The van der Waals surface area contributed by atoms with E-state index in [0.29, 0.717) is 6.54 Å². The lowest BCUT2D eigenvalue weighted by Crippen LogP contribution is -2.22.